The molecule has 30 heavy (non-hydrogen) atoms. The van der Waals surface area contributed by atoms with Crippen LogP contribution in [-0.4, -0.2) is 25.7 Å². The Kier molecular flexibility index (Phi) is 6.35. The van der Waals surface area contributed by atoms with Crippen LogP contribution in [0.3, 0.4) is 0 Å². The molecule has 2 atom stereocenters. The second-order valence-corrected chi connectivity index (χ2v) is 8.52. The van der Waals surface area contributed by atoms with E-state index in [0.29, 0.717) is 19.8 Å². The van der Waals surface area contributed by atoms with Gasteiger partial charge in [0.2, 0.25) is 0 Å². The zero-order chi connectivity index (χ0) is 20.9. The first-order valence-corrected chi connectivity index (χ1v) is 11.1. The molecule has 5 nitrogen and oxygen atoms in total. The van der Waals surface area contributed by atoms with Crippen molar-refractivity contribution in [1.82, 2.24) is 5.32 Å². The Morgan fingerprint density at radius 2 is 1.80 bits per heavy atom. The standard InChI is InChI=1S/C24H26N2O3S/c1-16-5-7-18(8-6-16)24(22-4-3-13-30-22)25-15-23(27)26-17(2)19-9-10-20-21(14-19)29-12-11-28-20/h3-10,13-14,17,24-25H,11-12,15H2,1-2H3,(H,26,27)/p+1/t17-,24-/m0/s1. The summed E-state index contributed by atoms with van der Waals surface area (Å²) >= 11 is 1.72. The van der Waals surface area contributed by atoms with Crippen molar-refractivity contribution >= 4 is 17.2 Å². The topological polar surface area (TPSA) is 64.2 Å². The molecule has 1 aromatic heterocycles. The molecule has 0 radical (unpaired) electrons. The van der Waals surface area contributed by atoms with Gasteiger partial charge < -0.3 is 20.1 Å². The van der Waals surface area contributed by atoms with Crippen molar-refractivity contribution in [2.45, 2.75) is 25.9 Å². The molecule has 0 fully saturated rings. The second kappa shape index (κ2) is 9.32. The maximum Gasteiger partial charge on any atom is 0.275 e. The zero-order valence-corrected chi connectivity index (χ0v) is 18.1. The van der Waals surface area contributed by atoms with Gasteiger partial charge in [-0.2, -0.15) is 0 Å². The summed E-state index contributed by atoms with van der Waals surface area (Å²) in [5.74, 6) is 1.50. The van der Waals surface area contributed by atoms with E-state index in [-0.39, 0.29) is 18.0 Å². The lowest BCUT2D eigenvalue weighted by Crippen LogP contribution is -2.87. The molecule has 2 aromatic carbocycles. The Morgan fingerprint density at radius 1 is 1.07 bits per heavy atom. The van der Waals surface area contributed by atoms with Crippen LogP contribution in [0, 0.1) is 6.92 Å². The van der Waals surface area contributed by atoms with E-state index in [4.69, 9.17) is 9.47 Å². The molecule has 0 aliphatic carbocycles. The van der Waals surface area contributed by atoms with E-state index in [0.717, 1.165) is 17.1 Å². The predicted octanol–water partition coefficient (Wildman–Crippen LogP) is 3.36. The van der Waals surface area contributed by atoms with Crippen LogP contribution in [-0.2, 0) is 4.79 Å². The van der Waals surface area contributed by atoms with Gasteiger partial charge in [0.05, 0.1) is 10.9 Å². The summed E-state index contributed by atoms with van der Waals surface area (Å²) in [4.78, 5) is 13.9. The fourth-order valence-electron chi connectivity index (χ4n) is 3.60. The fourth-order valence-corrected chi connectivity index (χ4v) is 4.45. The molecule has 156 valence electrons. The molecule has 4 rings (SSSR count). The van der Waals surface area contributed by atoms with Crippen molar-refractivity contribution in [2.75, 3.05) is 19.8 Å². The minimum atomic E-state index is -0.110. The van der Waals surface area contributed by atoms with Gasteiger partial charge >= 0.3 is 0 Å². The zero-order valence-electron chi connectivity index (χ0n) is 17.3. The van der Waals surface area contributed by atoms with Crippen LogP contribution in [0.25, 0.3) is 0 Å². The summed E-state index contributed by atoms with van der Waals surface area (Å²) in [6.07, 6.45) is 0. The number of carbonyl (C=O) groups is 1. The number of rotatable bonds is 7. The Bertz CT molecular complexity index is 986. The van der Waals surface area contributed by atoms with Gasteiger partial charge in [-0.25, -0.2) is 0 Å². The molecule has 6 heteroatoms. The molecule has 0 saturated heterocycles. The molecule has 1 aliphatic rings. The average molecular weight is 424 g/mol. The molecule has 0 bridgehead atoms. The van der Waals surface area contributed by atoms with Gasteiger partial charge in [-0.1, -0.05) is 42.0 Å². The molecular formula is C24H27N2O3S+. The fraction of sp³-hybridized carbons (Fsp3) is 0.292. The predicted molar refractivity (Wildman–Crippen MR) is 118 cm³/mol. The van der Waals surface area contributed by atoms with Crippen molar-refractivity contribution in [1.29, 1.82) is 0 Å². The summed E-state index contributed by atoms with van der Waals surface area (Å²) in [6.45, 7) is 5.54. The van der Waals surface area contributed by atoms with Crippen LogP contribution in [0.1, 0.15) is 40.6 Å². The van der Waals surface area contributed by atoms with E-state index in [1.165, 1.54) is 16.0 Å². The largest absolute Gasteiger partial charge is 0.486 e. The lowest BCUT2D eigenvalue weighted by Gasteiger charge is -2.21. The molecule has 0 saturated carbocycles. The van der Waals surface area contributed by atoms with Crippen LogP contribution < -0.4 is 20.1 Å². The van der Waals surface area contributed by atoms with E-state index < -0.39 is 0 Å². The molecule has 2 heterocycles. The highest BCUT2D eigenvalue weighted by Gasteiger charge is 2.21. The smallest absolute Gasteiger partial charge is 0.275 e. The minimum Gasteiger partial charge on any atom is -0.486 e. The van der Waals surface area contributed by atoms with Crippen molar-refractivity contribution in [2.24, 2.45) is 0 Å². The Hall–Kier alpha value is -2.83. The van der Waals surface area contributed by atoms with Crippen LogP contribution in [0.15, 0.2) is 60.0 Å². The number of thiophene rings is 1. The number of carbonyl (C=O) groups excluding carboxylic acids is 1. The third-order valence-corrected chi connectivity index (χ3v) is 6.22. The highest BCUT2D eigenvalue weighted by molar-refractivity contribution is 7.10. The maximum absolute atomic E-state index is 12.7. The molecule has 1 aliphatic heterocycles. The Morgan fingerprint density at radius 3 is 2.53 bits per heavy atom. The summed E-state index contributed by atoms with van der Waals surface area (Å²) in [5, 5.41) is 7.28. The monoisotopic (exact) mass is 423 g/mol. The van der Waals surface area contributed by atoms with Gasteiger partial charge in [-0.15, -0.1) is 11.3 Å². The summed E-state index contributed by atoms with van der Waals surface area (Å²) in [7, 11) is 0. The van der Waals surface area contributed by atoms with Crippen LogP contribution >= 0.6 is 11.3 Å². The SMILES string of the molecule is Cc1ccc([C@H]([NH2+]CC(=O)N[C@@H](C)c2ccc3c(c2)OCCO3)c2cccs2)cc1. The summed E-state index contributed by atoms with van der Waals surface area (Å²) < 4.78 is 11.2. The van der Waals surface area contributed by atoms with Crippen molar-refractivity contribution in [3.8, 4) is 11.5 Å². The van der Waals surface area contributed by atoms with Crippen LogP contribution in [0.4, 0.5) is 0 Å². The quantitative estimate of drug-likeness (QED) is 0.613. The highest BCUT2D eigenvalue weighted by atomic mass is 32.1. The molecular weight excluding hydrogens is 396 g/mol. The number of amides is 1. The van der Waals surface area contributed by atoms with Gasteiger partial charge in [0.1, 0.15) is 19.3 Å². The number of ether oxygens (including phenoxy) is 2. The first-order chi connectivity index (χ1) is 14.6. The Labute approximate surface area is 181 Å². The normalized spacial score (nSPS) is 14.7. The number of quaternary nitrogens is 1. The third-order valence-electron chi connectivity index (χ3n) is 5.27. The maximum atomic E-state index is 12.7. The number of benzene rings is 2. The number of hydrogen-bond acceptors (Lipinski definition) is 4. The molecule has 1 amide bonds. The lowest BCUT2D eigenvalue weighted by molar-refractivity contribution is -0.676. The summed E-state index contributed by atoms with van der Waals surface area (Å²) in [6, 6.07) is 18.5. The summed E-state index contributed by atoms with van der Waals surface area (Å²) in [5.41, 5.74) is 3.44. The Balaban J connectivity index is 1.39. The van der Waals surface area contributed by atoms with Crippen molar-refractivity contribution in [3.63, 3.8) is 0 Å². The van der Waals surface area contributed by atoms with Crippen molar-refractivity contribution < 1.29 is 19.6 Å². The molecule has 3 aromatic rings. The third kappa shape index (κ3) is 4.83. The average Bonchev–Trinajstić information content (AvgIpc) is 3.29. The van der Waals surface area contributed by atoms with Gasteiger partial charge in [-0.3, -0.25) is 4.79 Å². The van der Waals surface area contributed by atoms with Crippen molar-refractivity contribution in [3.05, 3.63) is 81.5 Å². The second-order valence-electron chi connectivity index (χ2n) is 7.54. The van der Waals surface area contributed by atoms with E-state index in [1.54, 1.807) is 11.3 Å². The van der Waals surface area contributed by atoms with E-state index in [9.17, 15) is 4.79 Å². The number of fused-ring (bicyclic) bond motifs is 1. The lowest BCUT2D eigenvalue weighted by atomic mass is 10.0. The number of nitrogens with one attached hydrogen (secondary N) is 1. The number of nitrogens with two attached hydrogens (primary N) is 1. The van der Waals surface area contributed by atoms with Gasteiger partial charge in [-0.05, 0) is 43.0 Å². The van der Waals surface area contributed by atoms with E-state index in [1.807, 2.05) is 25.1 Å². The van der Waals surface area contributed by atoms with Gasteiger partial charge in [0, 0.05) is 5.56 Å². The molecule has 0 unspecified atom stereocenters. The first kappa shape index (κ1) is 20.4. The van der Waals surface area contributed by atoms with Gasteiger partial charge in [0.25, 0.3) is 5.91 Å². The number of aryl methyl sites for hydroxylation is 1. The van der Waals surface area contributed by atoms with E-state index in [2.05, 4.69) is 59.3 Å². The molecule has 0 spiro atoms. The van der Waals surface area contributed by atoms with Crippen LogP contribution in [0.5, 0.6) is 11.5 Å². The van der Waals surface area contributed by atoms with Gasteiger partial charge in [0.15, 0.2) is 18.0 Å². The minimum absolute atomic E-state index is 0.00561. The van der Waals surface area contributed by atoms with Crippen LogP contribution in [0.2, 0.25) is 0 Å². The molecule has 3 N–H and O–H groups in total. The first-order valence-electron chi connectivity index (χ1n) is 10.2. The number of hydrogen-bond donors (Lipinski definition) is 2. The highest BCUT2D eigenvalue weighted by Crippen LogP contribution is 2.32. The van der Waals surface area contributed by atoms with E-state index >= 15 is 0 Å².